The maximum Gasteiger partial charge on any atom is 0.328 e. The first-order chi connectivity index (χ1) is 16.3. The van der Waals surface area contributed by atoms with E-state index in [1.165, 1.54) is 30.9 Å². The highest BCUT2D eigenvalue weighted by Gasteiger charge is 2.65. The van der Waals surface area contributed by atoms with Crippen LogP contribution >= 0.6 is 0 Å². The Kier molecular flexibility index (Phi) is 5.80. The summed E-state index contributed by atoms with van der Waals surface area (Å²) < 4.78 is 0. The highest BCUT2D eigenvalue weighted by molar-refractivity contribution is 6.01. The van der Waals surface area contributed by atoms with E-state index in [0.717, 1.165) is 37.7 Å². The second-order valence-electron chi connectivity index (χ2n) is 14.3. The van der Waals surface area contributed by atoms with Gasteiger partial charge in [0, 0.05) is 17.9 Å². The summed E-state index contributed by atoms with van der Waals surface area (Å²) in [5, 5.41) is 20.3. The molecular formula is C31H46O4. The van der Waals surface area contributed by atoms with Crippen molar-refractivity contribution in [3.8, 4) is 0 Å². The standard InChI is InChI=1S/C31H46O4/c1-18(2)26-21(32)17-31(16-12-25(34)35)15-9-20-19(27(26)31)7-8-23-29(20,5)13-10-22-28(3,4)24(33)11-14-30(22,23)6/h12,16,18-20,22-24,33H,7-11,13-15,17H2,1-6H3,(H,34,35)/b16-12+. The minimum Gasteiger partial charge on any atom is -0.478 e. The van der Waals surface area contributed by atoms with Crippen LogP contribution in [0.5, 0.6) is 0 Å². The van der Waals surface area contributed by atoms with E-state index in [9.17, 15) is 19.8 Å². The minimum atomic E-state index is -0.921. The molecule has 5 rings (SSSR count). The molecule has 0 amide bonds. The van der Waals surface area contributed by atoms with Gasteiger partial charge in [0.05, 0.1) is 6.10 Å². The van der Waals surface area contributed by atoms with E-state index in [1.54, 1.807) is 0 Å². The number of carbonyl (C=O) groups excluding carboxylic acids is 1. The molecule has 8 unspecified atom stereocenters. The van der Waals surface area contributed by atoms with Gasteiger partial charge in [0.25, 0.3) is 0 Å². The Balaban J connectivity index is 1.56. The smallest absolute Gasteiger partial charge is 0.328 e. The summed E-state index contributed by atoms with van der Waals surface area (Å²) in [5.41, 5.74) is 2.38. The normalized spacial score (nSPS) is 46.9. The lowest BCUT2D eigenvalue weighted by atomic mass is 9.36. The number of aliphatic hydroxyl groups is 1. The third kappa shape index (κ3) is 3.41. The maximum atomic E-state index is 13.3. The molecule has 0 bridgehead atoms. The summed E-state index contributed by atoms with van der Waals surface area (Å²) in [6.07, 6.45) is 12.1. The number of carboxylic acid groups (broad SMARTS) is 1. The Morgan fingerprint density at radius 3 is 2.29 bits per heavy atom. The Morgan fingerprint density at radius 2 is 1.63 bits per heavy atom. The van der Waals surface area contributed by atoms with Crippen LogP contribution in [0.15, 0.2) is 23.3 Å². The molecule has 0 aromatic heterocycles. The maximum absolute atomic E-state index is 13.3. The van der Waals surface area contributed by atoms with Crippen molar-refractivity contribution < 1.29 is 19.8 Å². The summed E-state index contributed by atoms with van der Waals surface area (Å²) in [6, 6.07) is 0. The number of Topliss-reactive ketones (excluding diaryl/α,β-unsaturated/α-hetero) is 1. The van der Waals surface area contributed by atoms with Crippen LogP contribution in [0.25, 0.3) is 0 Å². The molecule has 5 aliphatic carbocycles. The van der Waals surface area contributed by atoms with Crippen molar-refractivity contribution in [1.29, 1.82) is 0 Å². The quantitative estimate of drug-likeness (QED) is 0.446. The van der Waals surface area contributed by atoms with Gasteiger partial charge < -0.3 is 10.2 Å². The number of hydrogen-bond donors (Lipinski definition) is 2. The van der Waals surface area contributed by atoms with Crippen molar-refractivity contribution in [2.45, 2.75) is 105 Å². The second-order valence-corrected chi connectivity index (χ2v) is 14.3. The first kappa shape index (κ1) is 25.2. The van der Waals surface area contributed by atoms with Crippen LogP contribution in [-0.2, 0) is 9.59 Å². The van der Waals surface area contributed by atoms with Gasteiger partial charge in [0.1, 0.15) is 0 Å². The number of aliphatic hydroxyl groups excluding tert-OH is 1. The fraction of sp³-hybridized carbons (Fsp3) is 0.806. The van der Waals surface area contributed by atoms with Crippen LogP contribution in [0.3, 0.4) is 0 Å². The number of rotatable bonds is 3. The van der Waals surface area contributed by atoms with Crippen LogP contribution in [-0.4, -0.2) is 28.1 Å². The monoisotopic (exact) mass is 482 g/mol. The summed E-state index contributed by atoms with van der Waals surface area (Å²) in [6.45, 7) is 13.9. The number of ketones is 1. The number of carbonyl (C=O) groups is 2. The molecule has 4 saturated carbocycles. The van der Waals surface area contributed by atoms with Gasteiger partial charge in [-0.25, -0.2) is 4.79 Å². The molecule has 4 fully saturated rings. The molecular weight excluding hydrogens is 436 g/mol. The molecule has 0 spiro atoms. The topological polar surface area (TPSA) is 74.6 Å². The fourth-order valence-electron chi connectivity index (χ4n) is 10.8. The molecule has 0 radical (unpaired) electrons. The summed E-state index contributed by atoms with van der Waals surface area (Å²) >= 11 is 0. The van der Waals surface area contributed by atoms with Gasteiger partial charge in [0.2, 0.25) is 0 Å². The van der Waals surface area contributed by atoms with E-state index in [0.29, 0.717) is 30.1 Å². The predicted molar refractivity (Wildman–Crippen MR) is 138 cm³/mol. The zero-order valence-electron chi connectivity index (χ0n) is 22.7. The van der Waals surface area contributed by atoms with Crippen LogP contribution in [0.1, 0.15) is 99.3 Å². The molecule has 35 heavy (non-hydrogen) atoms. The lowest BCUT2D eigenvalue weighted by Crippen LogP contribution is -2.62. The predicted octanol–water partition coefficient (Wildman–Crippen LogP) is 6.58. The van der Waals surface area contributed by atoms with Gasteiger partial charge in [-0.15, -0.1) is 0 Å². The van der Waals surface area contributed by atoms with E-state index in [4.69, 9.17) is 0 Å². The summed E-state index contributed by atoms with van der Waals surface area (Å²) in [5.74, 6) is 1.63. The SMILES string of the molecule is CC(C)C1=C2C3CCC4C(C)(CCC5C(C)(C)C(O)CCC54C)C3CCC2(/C=C/C(=O)O)CC1=O. The second kappa shape index (κ2) is 8.04. The van der Waals surface area contributed by atoms with Gasteiger partial charge in [0.15, 0.2) is 5.78 Å². The zero-order chi connectivity index (χ0) is 25.6. The molecule has 8 atom stereocenters. The summed E-state index contributed by atoms with van der Waals surface area (Å²) in [4.78, 5) is 24.8. The average Bonchev–Trinajstić information content (AvgIpc) is 3.07. The molecule has 5 aliphatic rings. The molecule has 0 aromatic rings. The Hall–Kier alpha value is -1.42. The van der Waals surface area contributed by atoms with Crippen molar-refractivity contribution >= 4 is 11.8 Å². The Labute approximate surface area is 211 Å². The van der Waals surface area contributed by atoms with Crippen LogP contribution in [0, 0.1) is 51.2 Å². The lowest BCUT2D eigenvalue weighted by Gasteiger charge is -2.68. The van der Waals surface area contributed by atoms with E-state index in [2.05, 4.69) is 41.5 Å². The molecule has 2 N–H and O–H groups in total. The zero-order valence-corrected chi connectivity index (χ0v) is 22.7. The van der Waals surface area contributed by atoms with Crippen molar-refractivity contribution in [3.63, 3.8) is 0 Å². The largest absolute Gasteiger partial charge is 0.478 e. The number of fused-ring (bicyclic) bond motifs is 7. The van der Waals surface area contributed by atoms with E-state index in [1.807, 2.05) is 6.08 Å². The van der Waals surface area contributed by atoms with Gasteiger partial charge >= 0.3 is 5.97 Å². The van der Waals surface area contributed by atoms with E-state index in [-0.39, 0.29) is 34.1 Å². The van der Waals surface area contributed by atoms with Crippen molar-refractivity contribution in [2.24, 2.45) is 51.2 Å². The Morgan fingerprint density at radius 1 is 0.943 bits per heavy atom. The minimum absolute atomic E-state index is 0.0419. The number of carboxylic acids is 1. The first-order valence-corrected chi connectivity index (χ1v) is 14.2. The number of aliphatic carboxylic acids is 1. The fourth-order valence-corrected chi connectivity index (χ4v) is 10.8. The van der Waals surface area contributed by atoms with Crippen molar-refractivity contribution in [3.05, 3.63) is 23.3 Å². The van der Waals surface area contributed by atoms with Gasteiger partial charge in [-0.05, 0) is 108 Å². The van der Waals surface area contributed by atoms with Crippen molar-refractivity contribution in [1.82, 2.24) is 0 Å². The molecule has 0 heterocycles. The van der Waals surface area contributed by atoms with E-state index >= 15 is 0 Å². The Bertz CT molecular complexity index is 988. The van der Waals surface area contributed by atoms with Gasteiger partial charge in [-0.3, -0.25) is 4.79 Å². The number of allylic oxidation sites excluding steroid dienone is 3. The van der Waals surface area contributed by atoms with Crippen LogP contribution < -0.4 is 0 Å². The molecule has 194 valence electrons. The third-order valence-corrected chi connectivity index (χ3v) is 12.2. The lowest BCUT2D eigenvalue weighted by molar-refractivity contribution is -0.202. The van der Waals surface area contributed by atoms with Crippen LogP contribution in [0.4, 0.5) is 0 Å². The van der Waals surface area contributed by atoms with E-state index < -0.39 is 11.4 Å². The molecule has 4 heteroatoms. The van der Waals surface area contributed by atoms with Crippen molar-refractivity contribution in [2.75, 3.05) is 0 Å². The molecule has 0 aromatic carbocycles. The van der Waals surface area contributed by atoms with Gasteiger partial charge in [-0.1, -0.05) is 47.6 Å². The van der Waals surface area contributed by atoms with Gasteiger partial charge in [-0.2, -0.15) is 0 Å². The molecule has 0 saturated heterocycles. The average molecular weight is 483 g/mol. The third-order valence-electron chi connectivity index (χ3n) is 12.2. The molecule has 0 aliphatic heterocycles. The summed E-state index contributed by atoms with van der Waals surface area (Å²) in [7, 11) is 0. The highest BCUT2D eigenvalue weighted by Crippen LogP contribution is 2.72. The number of hydrogen-bond acceptors (Lipinski definition) is 3. The highest BCUT2D eigenvalue weighted by atomic mass is 16.4. The van der Waals surface area contributed by atoms with Crippen LogP contribution in [0.2, 0.25) is 0 Å². The molecule has 4 nitrogen and oxygen atoms in total. The first-order valence-electron chi connectivity index (χ1n) is 14.2.